The Morgan fingerprint density at radius 3 is 2.35 bits per heavy atom. The smallest absolute Gasteiger partial charge is 0.336 e. The van der Waals surface area contributed by atoms with Crippen LogP contribution < -0.4 is 5.32 Å². The van der Waals surface area contributed by atoms with E-state index in [1.807, 2.05) is 0 Å². The first kappa shape index (κ1) is 13.6. The molecule has 0 aliphatic rings. The summed E-state index contributed by atoms with van der Waals surface area (Å²) in [6.45, 7) is 0. The van der Waals surface area contributed by atoms with Gasteiger partial charge in [-0.15, -0.1) is 0 Å². The van der Waals surface area contributed by atoms with Gasteiger partial charge in [0.1, 0.15) is 6.33 Å². The highest BCUT2D eigenvalue weighted by atomic mass is 19.2. The normalized spacial score (nSPS) is 10.3. The lowest BCUT2D eigenvalue weighted by molar-refractivity contribution is 0.0691. The number of carbonyl (C=O) groups is 2. The Kier molecular flexibility index (Phi) is 3.42. The van der Waals surface area contributed by atoms with Crippen molar-refractivity contribution in [3.05, 3.63) is 41.2 Å². The third-order valence-corrected chi connectivity index (χ3v) is 2.47. The van der Waals surface area contributed by atoms with E-state index in [1.165, 1.54) is 18.1 Å². The summed E-state index contributed by atoms with van der Waals surface area (Å²) in [5.74, 6) is -5.11. The van der Waals surface area contributed by atoms with Crippen LogP contribution in [-0.2, 0) is 7.05 Å². The molecule has 2 rings (SSSR count). The molecule has 1 aromatic heterocycles. The standard InChI is InChI=1S/C11H8F2N4O3/c1-17-11(14-4-15-17)16-9(18)5-2-7(12)8(13)3-6(5)10(19)20/h2-4H,1H3,(H,19,20)(H,14,15,16,18). The minimum absolute atomic E-state index is 0.0380. The molecule has 0 fully saturated rings. The summed E-state index contributed by atoms with van der Waals surface area (Å²) in [6, 6.07) is 0.966. The predicted octanol–water partition coefficient (Wildman–Crippen LogP) is 1.04. The fraction of sp³-hybridized carbons (Fsp3) is 0.0909. The summed E-state index contributed by atoms with van der Waals surface area (Å²) in [7, 11) is 1.49. The van der Waals surface area contributed by atoms with Crippen molar-refractivity contribution in [2.24, 2.45) is 7.05 Å². The van der Waals surface area contributed by atoms with Crippen molar-refractivity contribution in [3.8, 4) is 0 Å². The molecular weight excluding hydrogens is 274 g/mol. The van der Waals surface area contributed by atoms with Gasteiger partial charge in [-0.1, -0.05) is 0 Å². The zero-order chi connectivity index (χ0) is 14.9. The van der Waals surface area contributed by atoms with Crippen LogP contribution in [0, 0.1) is 11.6 Å². The number of nitrogens with zero attached hydrogens (tertiary/aromatic N) is 3. The van der Waals surface area contributed by atoms with Crippen molar-refractivity contribution in [1.82, 2.24) is 14.8 Å². The number of benzene rings is 1. The van der Waals surface area contributed by atoms with E-state index in [0.717, 1.165) is 0 Å². The van der Waals surface area contributed by atoms with Crippen LogP contribution in [0.4, 0.5) is 14.7 Å². The molecule has 2 aromatic rings. The molecule has 1 amide bonds. The van der Waals surface area contributed by atoms with E-state index in [0.29, 0.717) is 12.1 Å². The van der Waals surface area contributed by atoms with Crippen LogP contribution in [0.5, 0.6) is 0 Å². The second-order valence-corrected chi connectivity index (χ2v) is 3.78. The maximum Gasteiger partial charge on any atom is 0.336 e. The number of nitrogens with one attached hydrogen (secondary N) is 1. The van der Waals surface area contributed by atoms with E-state index in [2.05, 4.69) is 15.4 Å². The molecule has 104 valence electrons. The molecule has 9 heteroatoms. The summed E-state index contributed by atoms with van der Waals surface area (Å²) in [5, 5.41) is 14.8. The van der Waals surface area contributed by atoms with E-state index in [-0.39, 0.29) is 5.95 Å². The van der Waals surface area contributed by atoms with E-state index in [1.54, 1.807) is 0 Å². The van der Waals surface area contributed by atoms with Crippen molar-refractivity contribution in [3.63, 3.8) is 0 Å². The second kappa shape index (κ2) is 5.03. The summed E-state index contributed by atoms with van der Waals surface area (Å²) >= 11 is 0. The van der Waals surface area contributed by atoms with Crippen LogP contribution in [0.3, 0.4) is 0 Å². The first-order valence-electron chi connectivity index (χ1n) is 5.28. The van der Waals surface area contributed by atoms with Crippen LogP contribution in [0.2, 0.25) is 0 Å². The molecule has 0 aliphatic carbocycles. The van der Waals surface area contributed by atoms with Gasteiger partial charge < -0.3 is 5.11 Å². The van der Waals surface area contributed by atoms with Gasteiger partial charge in [0.15, 0.2) is 11.6 Å². The van der Waals surface area contributed by atoms with Gasteiger partial charge in [-0.3, -0.25) is 10.1 Å². The second-order valence-electron chi connectivity index (χ2n) is 3.78. The van der Waals surface area contributed by atoms with Gasteiger partial charge >= 0.3 is 5.97 Å². The number of carboxylic acid groups (broad SMARTS) is 1. The van der Waals surface area contributed by atoms with Crippen LogP contribution in [0.25, 0.3) is 0 Å². The molecule has 0 aliphatic heterocycles. The van der Waals surface area contributed by atoms with Crippen molar-refractivity contribution < 1.29 is 23.5 Å². The Hall–Kier alpha value is -2.84. The molecule has 0 bridgehead atoms. The highest BCUT2D eigenvalue weighted by Crippen LogP contribution is 2.16. The van der Waals surface area contributed by atoms with Gasteiger partial charge in [0.25, 0.3) is 5.91 Å². The van der Waals surface area contributed by atoms with Crippen molar-refractivity contribution in [2.45, 2.75) is 0 Å². The maximum absolute atomic E-state index is 13.2. The third-order valence-electron chi connectivity index (χ3n) is 2.47. The van der Waals surface area contributed by atoms with Crippen LogP contribution in [0.1, 0.15) is 20.7 Å². The number of anilines is 1. The molecule has 0 radical (unpaired) electrons. The Morgan fingerprint density at radius 2 is 1.85 bits per heavy atom. The molecule has 1 heterocycles. The number of aromatic nitrogens is 3. The lowest BCUT2D eigenvalue weighted by Crippen LogP contribution is -2.19. The van der Waals surface area contributed by atoms with Crippen LogP contribution in [0.15, 0.2) is 18.5 Å². The SMILES string of the molecule is Cn1ncnc1NC(=O)c1cc(F)c(F)cc1C(=O)O. The number of carbonyl (C=O) groups excluding carboxylic acids is 1. The largest absolute Gasteiger partial charge is 0.478 e. The fourth-order valence-electron chi connectivity index (χ4n) is 1.49. The molecule has 2 N–H and O–H groups in total. The highest BCUT2D eigenvalue weighted by Gasteiger charge is 2.21. The summed E-state index contributed by atoms with van der Waals surface area (Å²) in [4.78, 5) is 26.6. The molecule has 20 heavy (non-hydrogen) atoms. The van der Waals surface area contributed by atoms with Gasteiger partial charge in [0.2, 0.25) is 5.95 Å². The van der Waals surface area contributed by atoms with E-state index in [4.69, 9.17) is 5.11 Å². The number of hydrogen-bond acceptors (Lipinski definition) is 4. The Labute approximate surface area is 110 Å². The average Bonchev–Trinajstić information content (AvgIpc) is 2.77. The first-order chi connectivity index (χ1) is 9.40. The zero-order valence-corrected chi connectivity index (χ0v) is 10.1. The van der Waals surface area contributed by atoms with E-state index in [9.17, 15) is 18.4 Å². The zero-order valence-electron chi connectivity index (χ0n) is 10.1. The van der Waals surface area contributed by atoms with E-state index >= 15 is 0 Å². The molecule has 0 atom stereocenters. The Balaban J connectivity index is 2.41. The minimum Gasteiger partial charge on any atom is -0.478 e. The molecule has 0 saturated heterocycles. The number of aromatic carboxylic acids is 1. The molecule has 0 spiro atoms. The highest BCUT2D eigenvalue weighted by molar-refractivity contribution is 6.10. The van der Waals surface area contributed by atoms with Gasteiger partial charge in [0, 0.05) is 7.05 Å². The van der Waals surface area contributed by atoms with Crippen LogP contribution >= 0.6 is 0 Å². The summed E-state index contributed by atoms with van der Waals surface area (Å²) in [5.41, 5.74) is -1.16. The molecule has 0 unspecified atom stereocenters. The lowest BCUT2D eigenvalue weighted by atomic mass is 10.1. The number of carboxylic acids is 1. The average molecular weight is 282 g/mol. The molecule has 7 nitrogen and oxygen atoms in total. The molecule has 0 saturated carbocycles. The molecule has 1 aromatic carbocycles. The minimum atomic E-state index is -1.55. The third kappa shape index (κ3) is 2.46. The number of halogens is 2. The van der Waals surface area contributed by atoms with Gasteiger partial charge in [0.05, 0.1) is 11.1 Å². The fourth-order valence-corrected chi connectivity index (χ4v) is 1.49. The van der Waals surface area contributed by atoms with Crippen molar-refractivity contribution in [1.29, 1.82) is 0 Å². The monoisotopic (exact) mass is 282 g/mol. The maximum atomic E-state index is 13.2. The number of hydrogen-bond donors (Lipinski definition) is 2. The van der Waals surface area contributed by atoms with Gasteiger partial charge in [-0.25, -0.2) is 18.3 Å². The first-order valence-corrected chi connectivity index (χ1v) is 5.28. The molecular formula is C11H8F2N4O3. The quantitative estimate of drug-likeness (QED) is 0.876. The summed E-state index contributed by atoms with van der Waals surface area (Å²) in [6.07, 6.45) is 1.17. The van der Waals surface area contributed by atoms with Gasteiger partial charge in [-0.05, 0) is 12.1 Å². The van der Waals surface area contributed by atoms with E-state index < -0.39 is 34.6 Å². The van der Waals surface area contributed by atoms with Gasteiger partial charge in [-0.2, -0.15) is 10.1 Å². The topological polar surface area (TPSA) is 97.1 Å². The number of amides is 1. The number of aryl methyl sites for hydroxylation is 1. The lowest BCUT2D eigenvalue weighted by Gasteiger charge is -2.07. The Morgan fingerprint density at radius 1 is 1.25 bits per heavy atom. The Bertz CT molecular complexity index is 699. The van der Waals surface area contributed by atoms with Crippen molar-refractivity contribution >= 4 is 17.8 Å². The van der Waals surface area contributed by atoms with Crippen LogP contribution in [-0.4, -0.2) is 31.7 Å². The number of rotatable bonds is 3. The summed E-state index contributed by atoms with van der Waals surface area (Å²) < 4.78 is 27.4. The van der Waals surface area contributed by atoms with Crippen molar-refractivity contribution in [2.75, 3.05) is 5.32 Å². The predicted molar refractivity (Wildman–Crippen MR) is 62.3 cm³/mol.